The van der Waals surface area contributed by atoms with E-state index in [0.29, 0.717) is 11.8 Å². The maximum atomic E-state index is 13.5. The predicted octanol–water partition coefficient (Wildman–Crippen LogP) is 4.17. The van der Waals surface area contributed by atoms with Gasteiger partial charge in [0, 0.05) is 49.1 Å². The lowest BCUT2D eigenvalue weighted by atomic mass is 9.92. The zero-order valence-corrected chi connectivity index (χ0v) is 17.8. The van der Waals surface area contributed by atoms with E-state index in [-0.39, 0.29) is 30.1 Å². The minimum absolute atomic E-state index is 0.103. The van der Waals surface area contributed by atoms with Crippen molar-refractivity contribution in [2.75, 3.05) is 23.3 Å². The van der Waals surface area contributed by atoms with Gasteiger partial charge in [-0.3, -0.25) is 0 Å². The summed E-state index contributed by atoms with van der Waals surface area (Å²) >= 11 is 0. The highest BCUT2D eigenvalue weighted by molar-refractivity contribution is 5.42. The molecule has 1 aliphatic heterocycles. The fraction of sp³-hybridized carbons (Fsp3) is 0.364. The van der Waals surface area contributed by atoms with E-state index in [1.54, 1.807) is 6.33 Å². The molecule has 2 bridgehead atoms. The molecule has 2 fully saturated rings. The standard InChI is InChI=1S/C22H22F3N7O/c1-13-6-19(27-12-26-13)31-10-14-2-3-15(11-31)20(14)28-21-29-22(32(30-21)5-4-23)33-18-8-16(24)7-17(25)9-18/h4-9,12,14-15,20H,2-3,10-11H2,1H3,(H,28,30)/b5-4+/t14-,15+,20?. The van der Waals surface area contributed by atoms with Gasteiger partial charge in [0.1, 0.15) is 35.9 Å². The first-order valence-corrected chi connectivity index (χ1v) is 10.7. The van der Waals surface area contributed by atoms with Crippen LogP contribution in [0.15, 0.2) is 36.9 Å². The molecule has 1 aromatic carbocycles. The average molecular weight is 457 g/mol. The summed E-state index contributed by atoms with van der Waals surface area (Å²) in [5, 5.41) is 7.61. The highest BCUT2D eigenvalue weighted by Gasteiger charge is 2.43. The number of halogens is 3. The first kappa shape index (κ1) is 21.2. The van der Waals surface area contributed by atoms with E-state index in [1.165, 1.54) is 0 Å². The molecule has 0 amide bonds. The highest BCUT2D eigenvalue weighted by Crippen LogP contribution is 2.39. The fourth-order valence-electron chi connectivity index (χ4n) is 4.69. The molecule has 1 aliphatic carbocycles. The number of nitrogens with one attached hydrogen (secondary N) is 1. The van der Waals surface area contributed by atoms with Crippen LogP contribution in [0.4, 0.5) is 24.9 Å². The lowest BCUT2D eigenvalue weighted by molar-refractivity contribution is 0.374. The molecule has 2 aromatic heterocycles. The van der Waals surface area contributed by atoms with E-state index < -0.39 is 11.6 Å². The van der Waals surface area contributed by atoms with Gasteiger partial charge < -0.3 is 15.0 Å². The summed E-state index contributed by atoms with van der Waals surface area (Å²) in [6, 6.07) is 4.76. The first-order chi connectivity index (χ1) is 16.0. The quantitative estimate of drug-likeness (QED) is 0.595. The number of aromatic nitrogens is 5. The van der Waals surface area contributed by atoms with Gasteiger partial charge in [0.2, 0.25) is 5.95 Å². The zero-order valence-electron chi connectivity index (χ0n) is 17.8. The van der Waals surface area contributed by atoms with Gasteiger partial charge in [-0.2, -0.15) is 9.67 Å². The number of hydrogen-bond donors (Lipinski definition) is 1. The molecule has 172 valence electrons. The second-order valence-electron chi connectivity index (χ2n) is 8.34. The maximum Gasteiger partial charge on any atom is 0.326 e. The number of hydrogen-bond acceptors (Lipinski definition) is 7. The molecule has 1 saturated carbocycles. The van der Waals surface area contributed by atoms with Crippen molar-refractivity contribution in [2.24, 2.45) is 11.8 Å². The number of benzene rings is 1. The Balaban J connectivity index is 1.33. The number of piperidine rings is 1. The van der Waals surface area contributed by atoms with Crippen molar-refractivity contribution in [1.82, 2.24) is 24.7 Å². The normalized spacial score (nSPS) is 22.2. The number of aryl methyl sites for hydroxylation is 1. The number of nitrogens with zero attached hydrogens (tertiary/aromatic N) is 6. The highest BCUT2D eigenvalue weighted by atomic mass is 19.1. The topological polar surface area (TPSA) is 81.0 Å². The second kappa shape index (κ2) is 8.72. The largest absolute Gasteiger partial charge is 0.424 e. The molecule has 1 saturated heterocycles. The molecular weight excluding hydrogens is 435 g/mol. The van der Waals surface area contributed by atoms with Crippen molar-refractivity contribution in [3.63, 3.8) is 0 Å². The Morgan fingerprint density at radius 3 is 2.45 bits per heavy atom. The van der Waals surface area contributed by atoms with Gasteiger partial charge in [-0.05, 0) is 31.6 Å². The van der Waals surface area contributed by atoms with E-state index >= 15 is 0 Å². The van der Waals surface area contributed by atoms with Gasteiger partial charge in [0.15, 0.2) is 0 Å². The summed E-state index contributed by atoms with van der Waals surface area (Å²) in [6.07, 6.45) is 4.99. The van der Waals surface area contributed by atoms with Gasteiger partial charge in [0.25, 0.3) is 0 Å². The lowest BCUT2D eigenvalue weighted by Gasteiger charge is -2.38. The zero-order chi connectivity index (χ0) is 22.9. The molecule has 0 radical (unpaired) electrons. The Morgan fingerprint density at radius 2 is 1.79 bits per heavy atom. The van der Waals surface area contributed by atoms with Crippen LogP contribution >= 0.6 is 0 Å². The summed E-state index contributed by atoms with van der Waals surface area (Å²) in [7, 11) is 0. The molecule has 1 unspecified atom stereocenters. The van der Waals surface area contributed by atoms with Crippen molar-refractivity contribution in [1.29, 1.82) is 0 Å². The van der Waals surface area contributed by atoms with Gasteiger partial charge in [-0.1, -0.05) is 0 Å². The molecule has 8 nitrogen and oxygen atoms in total. The summed E-state index contributed by atoms with van der Waals surface area (Å²) in [6.45, 7) is 3.61. The second-order valence-corrected chi connectivity index (χ2v) is 8.34. The van der Waals surface area contributed by atoms with Gasteiger partial charge in [-0.15, -0.1) is 5.10 Å². The smallest absolute Gasteiger partial charge is 0.326 e. The van der Waals surface area contributed by atoms with Crippen LogP contribution in [-0.2, 0) is 0 Å². The Labute approximate surface area is 188 Å². The Bertz CT molecular complexity index is 1150. The number of ether oxygens (including phenoxy) is 1. The first-order valence-electron chi connectivity index (χ1n) is 10.7. The van der Waals surface area contributed by atoms with Crippen molar-refractivity contribution in [3.05, 3.63) is 54.3 Å². The Morgan fingerprint density at radius 1 is 1.06 bits per heavy atom. The predicted molar refractivity (Wildman–Crippen MR) is 115 cm³/mol. The van der Waals surface area contributed by atoms with Gasteiger partial charge in [0.05, 0.1) is 6.20 Å². The summed E-state index contributed by atoms with van der Waals surface area (Å²) in [5.41, 5.74) is 0.925. The molecule has 11 heteroatoms. The van der Waals surface area contributed by atoms with E-state index in [1.807, 2.05) is 13.0 Å². The fourth-order valence-corrected chi connectivity index (χ4v) is 4.69. The van der Waals surface area contributed by atoms with Crippen LogP contribution in [0.5, 0.6) is 11.8 Å². The maximum absolute atomic E-state index is 13.5. The summed E-state index contributed by atoms with van der Waals surface area (Å²) in [4.78, 5) is 15.1. The molecule has 5 rings (SSSR count). The van der Waals surface area contributed by atoms with E-state index in [4.69, 9.17) is 4.74 Å². The molecule has 3 atom stereocenters. The van der Waals surface area contributed by atoms with Crippen LogP contribution in [-0.4, -0.2) is 43.9 Å². The van der Waals surface area contributed by atoms with Gasteiger partial charge in [-0.25, -0.2) is 23.1 Å². The van der Waals surface area contributed by atoms with E-state index in [0.717, 1.165) is 66.5 Å². The molecule has 2 aliphatic rings. The van der Waals surface area contributed by atoms with Crippen LogP contribution in [0.25, 0.3) is 6.20 Å². The molecule has 33 heavy (non-hydrogen) atoms. The van der Waals surface area contributed by atoms with Crippen molar-refractivity contribution in [3.8, 4) is 11.8 Å². The van der Waals surface area contributed by atoms with Gasteiger partial charge >= 0.3 is 6.01 Å². The number of anilines is 2. The third-order valence-electron chi connectivity index (χ3n) is 6.09. The number of rotatable bonds is 6. The van der Waals surface area contributed by atoms with Crippen LogP contribution in [0, 0.1) is 30.4 Å². The average Bonchev–Trinajstić information content (AvgIpc) is 3.22. The molecular formula is C22H22F3N7O. The van der Waals surface area contributed by atoms with E-state index in [9.17, 15) is 13.2 Å². The van der Waals surface area contributed by atoms with Crippen molar-refractivity contribution in [2.45, 2.75) is 25.8 Å². The van der Waals surface area contributed by atoms with Crippen LogP contribution in [0.1, 0.15) is 18.5 Å². The molecule has 1 N–H and O–H groups in total. The Kier molecular flexibility index (Phi) is 5.61. The number of fused-ring (bicyclic) bond motifs is 2. The summed E-state index contributed by atoms with van der Waals surface area (Å²) < 4.78 is 46.4. The van der Waals surface area contributed by atoms with Crippen LogP contribution in [0.3, 0.4) is 0 Å². The van der Waals surface area contributed by atoms with E-state index in [2.05, 4.69) is 30.3 Å². The third-order valence-corrected chi connectivity index (χ3v) is 6.09. The molecule has 0 spiro atoms. The molecule has 3 heterocycles. The monoisotopic (exact) mass is 457 g/mol. The lowest BCUT2D eigenvalue weighted by Crippen LogP contribution is -2.48. The van der Waals surface area contributed by atoms with Crippen LogP contribution < -0.4 is 15.0 Å². The SMILES string of the molecule is Cc1cc(N2C[C@H]3CC[C@@H](C2)C3Nc2nc(Oc3cc(F)cc(F)c3)n(/C=C/F)n2)ncn1. The minimum Gasteiger partial charge on any atom is -0.424 e. The summed E-state index contributed by atoms with van der Waals surface area (Å²) in [5.74, 6) is 0.192. The van der Waals surface area contributed by atoms with Crippen LogP contribution in [0.2, 0.25) is 0 Å². The molecule has 3 aromatic rings. The van der Waals surface area contributed by atoms with Crippen molar-refractivity contribution < 1.29 is 17.9 Å². The minimum atomic E-state index is -0.794. The third kappa shape index (κ3) is 4.48. The van der Waals surface area contributed by atoms with Crippen molar-refractivity contribution >= 4 is 18.0 Å². The Hall–Kier alpha value is -3.63.